The molecule has 12 heteroatoms. The molecule has 1 amide bonds. The Morgan fingerprint density at radius 1 is 1.37 bits per heavy atom. The molecule has 0 unspecified atom stereocenters. The highest BCUT2D eigenvalue weighted by Crippen LogP contribution is 2.33. The van der Waals surface area contributed by atoms with Gasteiger partial charge in [-0.15, -0.1) is 0 Å². The number of pyridine rings is 1. The van der Waals surface area contributed by atoms with Gasteiger partial charge in [-0.2, -0.15) is 13.2 Å². The average molecular weight is 438 g/mol. The van der Waals surface area contributed by atoms with E-state index in [9.17, 15) is 22.4 Å². The molecule has 1 aromatic heterocycles. The highest BCUT2D eigenvalue weighted by atomic mass is 19.4. The van der Waals surface area contributed by atoms with Crippen molar-refractivity contribution in [3.8, 4) is 5.88 Å². The lowest BCUT2D eigenvalue weighted by Crippen LogP contribution is -2.55. The van der Waals surface area contributed by atoms with Gasteiger partial charge in [-0.1, -0.05) is 0 Å². The standard InChI is InChI=1S/C16H21FN2O4.C2HF3O2/c1-2-21-10-14(20)19-8-9-22-15-12(19)5-6-13(15)23-16-11(17)4-3-7-18-16;3-2(4,5)1(6)7/h3-4,7,12-13,15H,2,5-6,8-10H2,1H3;(H,6,7)/t12-,13-,15+;/m0./s1. The van der Waals surface area contributed by atoms with Gasteiger partial charge in [-0.05, 0) is 31.9 Å². The van der Waals surface area contributed by atoms with E-state index in [1.807, 2.05) is 11.8 Å². The van der Waals surface area contributed by atoms with Crippen LogP contribution in [0, 0.1) is 5.82 Å². The lowest BCUT2D eigenvalue weighted by molar-refractivity contribution is -0.192. The van der Waals surface area contributed by atoms with Gasteiger partial charge >= 0.3 is 12.1 Å². The highest BCUT2D eigenvalue weighted by Gasteiger charge is 2.46. The number of carboxylic acid groups (broad SMARTS) is 1. The quantitative estimate of drug-likeness (QED) is 0.703. The molecule has 30 heavy (non-hydrogen) atoms. The molecule has 2 aliphatic rings. The summed E-state index contributed by atoms with van der Waals surface area (Å²) in [6, 6.07) is 2.78. The number of alkyl halides is 3. The smallest absolute Gasteiger partial charge is 0.475 e. The normalized spacial score (nSPS) is 23.2. The SMILES string of the molecule is CCOCC(=O)N1CCO[C@H]2[C@@H](Oc3ncccc3F)CC[C@@H]21.O=C(O)C(F)(F)F. The maximum atomic E-state index is 13.7. The molecule has 0 aromatic carbocycles. The Bertz CT molecular complexity index is 733. The van der Waals surface area contributed by atoms with Crippen LogP contribution in [0.2, 0.25) is 0 Å². The summed E-state index contributed by atoms with van der Waals surface area (Å²) in [6.45, 7) is 3.45. The number of hydrogen-bond acceptors (Lipinski definition) is 6. The van der Waals surface area contributed by atoms with E-state index in [1.165, 1.54) is 18.3 Å². The van der Waals surface area contributed by atoms with Gasteiger partial charge in [0.05, 0.1) is 12.6 Å². The molecule has 1 saturated carbocycles. The second-order valence-corrected chi connectivity index (χ2v) is 6.45. The Balaban J connectivity index is 0.000000396. The minimum atomic E-state index is -5.08. The van der Waals surface area contributed by atoms with Gasteiger partial charge in [0.25, 0.3) is 5.88 Å². The van der Waals surface area contributed by atoms with E-state index in [1.54, 1.807) is 0 Å². The second-order valence-electron chi connectivity index (χ2n) is 6.45. The van der Waals surface area contributed by atoms with Crippen molar-refractivity contribution in [3.05, 3.63) is 24.1 Å². The van der Waals surface area contributed by atoms with Gasteiger partial charge in [0.1, 0.15) is 18.8 Å². The summed E-state index contributed by atoms with van der Waals surface area (Å²) in [5.74, 6) is -3.29. The fourth-order valence-corrected chi connectivity index (χ4v) is 3.23. The molecule has 0 bridgehead atoms. The third-order valence-electron chi connectivity index (χ3n) is 4.52. The molecule has 3 rings (SSSR count). The molecule has 0 spiro atoms. The molecule has 8 nitrogen and oxygen atoms in total. The fraction of sp³-hybridized carbons (Fsp3) is 0.611. The third kappa shape index (κ3) is 6.26. The van der Waals surface area contributed by atoms with Crippen LogP contribution in [-0.4, -0.2) is 77.7 Å². The largest absolute Gasteiger partial charge is 0.490 e. The van der Waals surface area contributed by atoms with Crippen molar-refractivity contribution in [2.24, 2.45) is 0 Å². The lowest BCUT2D eigenvalue weighted by Gasteiger charge is -2.38. The summed E-state index contributed by atoms with van der Waals surface area (Å²) in [5, 5.41) is 7.12. The maximum Gasteiger partial charge on any atom is 0.490 e. The van der Waals surface area contributed by atoms with Crippen LogP contribution in [-0.2, 0) is 19.1 Å². The molecule has 3 atom stereocenters. The van der Waals surface area contributed by atoms with E-state index in [2.05, 4.69) is 4.98 Å². The molecule has 1 N–H and O–H groups in total. The summed E-state index contributed by atoms with van der Waals surface area (Å²) in [6.07, 6.45) is -2.68. The van der Waals surface area contributed by atoms with E-state index < -0.39 is 18.0 Å². The van der Waals surface area contributed by atoms with Crippen LogP contribution in [0.15, 0.2) is 18.3 Å². The Morgan fingerprint density at radius 3 is 2.67 bits per heavy atom. The first-order valence-electron chi connectivity index (χ1n) is 9.21. The number of carbonyl (C=O) groups excluding carboxylic acids is 1. The number of halogens is 4. The molecular formula is C18H22F4N2O6. The summed E-state index contributed by atoms with van der Waals surface area (Å²) in [7, 11) is 0. The van der Waals surface area contributed by atoms with Gasteiger partial charge in [-0.25, -0.2) is 14.2 Å². The number of amides is 1. The van der Waals surface area contributed by atoms with Gasteiger partial charge in [-0.3, -0.25) is 4.79 Å². The van der Waals surface area contributed by atoms with Crippen molar-refractivity contribution in [2.45, 2.75) is 44.2 Å². The molecular weight excluding hydrogens is 416 g/mol. The predicted octanol–water partition coefficient (Wildman–Crippen LogP) is 2.03. The number of carbonyl (C=O) groups is 2. The van der Waals surface area contributed by atoms with Crippen molar-refractivity contribution in [1.82, 2.24) is 9.88 Å². The molecule has 1 aliphatic heterocycles. The molecule has 1 saturated heterocycles. The van der Waals surface area contributed by atoms with Gasteiger partial charge in [0.15, 0.2) is 5.82 Å². The number of morpholine rings is 1. The molecule has 1 aromatic rings. The Kier molecular flexibility index (Phi) is 8.35. The monoisotopic (exact) mass is 438 g/mol. The summed E-state index contributed by atoms with van der Waals surface area (Å²) < 4.78 is 62.2. The van der Waals surface area contributed by atoms with E-state index in [0.29, 0.717) is 26.2 Å². The first-order chi connectivity index (χ1) is 14.1. The van der Waals surface area contributed by atoms with Crippen LogP contribution in [0.1, 0.15) is 19.8 Å². The predicted molar refractivity (Wildman–Crippen MR) is 93.3 cm³/mol. The summed E-state index contributed by atoms with van der Waals surface area (Å²) in [4.78, 5) is 26.9. The molecule has 1 aliphatic carbocycles. The molecule has 0 radical (unpaired) electrons. The van der Waals surface area contributed by atoms with E-state index in [-0.39, 0.29) is 36.6 Å². The number of aliphatic carboxylic acids is 1. The van der Waals surface area contributed by atoms with Gasteiger partial charge < -0.3 is 24.2 Å². The molecule has 168 valence electrons. The summed E-state index contributed by atoms with van der Waals surface area (Å²) in [5.41, 5.74) is 0. The second kappa shape index (κ2) is 10.5. The van der Waals surface area contributed by atoms with E-state index in [0.717, 1.165) is 6.42 Å². The number of aromatic nitrogens is 1. The number of nitrogens with zero attached hydrogens (tertiary/aromatic N) is 2. The maximum absolute atomic E-state index is 13.7. The highest BCUT2D eigenvalue weighted by molar-refractivity contribution is 5.78. The Labute approximate surface area is 169 Å². The number of hydrogen-bond donors (Lipinski definition) is 1. The molecule has 2 heterocycles. The molecule has 2 fully saturated rings. The number of carboxylic acids is 1. The summed E-state index contributed by atoms with van der Waals surface area (Å²) >= 11 is 0. The zero-order chi connectivity index (χ0) is 22.3. The van der Waals surface area contributed by atoms with Crippen LogP contribution in [0.5, 0.6) is 5.88 Å². The number of rotatable bonds is 5. The van der Waals surface area contributed by atoms with Crippen LogP contribution in [0.25, 0.3) is 0 Å². The number of fused-ring (bicyclic) bond motifs is 1. The van der Waals surface area contributed by atoms with Crippen LogP contribution < -0.4 is 4.74 Å². The lowest BCUT2D eigenvalue weighted by atomic mass is 10.1. The topological polar surface area (TPSA) is 98.2 Å². The van der Waals surface area contributed by atoms with Crippen molar-refractivity contribution < 1.29 is 46.5 Å². The Hall–Kier alpha value is -2.47. The number of ether oxygens (including phenoxy) is 3. The zero-order valence-electron chi connectivity index (χ0n) is 16.1. The van der Waals surface area contributed by atoms with Crippen LogP contribution >= 0.6 is 0 Å². The van der Waals surface area contributed by atoms with Crippen LogP contribution in [0.4, 0.5) is 17.6 Å². The first-order valence-corrected chi connectivity index (χ1v) is 9.21. The first kappa shape index (κ1) is 23.8. The van der Waals surface area contributed by atoms with Gasteiger partial charge in [0.2, 0.25) is 5.91 Å². The van der Waals surface area contributed by atoms with Crippen molar-refractivity contribution in [2.75, 3.05) is 26.4 Å². The minimum absolute atomic E-state index is 0.0143. The van der Waals surface area contributed by atoms with E-state index >= 15 is 0 Å². The van der Waals surface area contributed by atoms with Crippen molar-refractivity contribution in [3.63, 3.8) is 0 Å². The Morgan fingerprint density at radius 2 is 2.07 bits per heavy atom. The fourth-order valence-electron chi connectivity index (χ4n) is 3.23. The van der Waals surface area contributed by atoms with Gasteiger partial charge in [0, 0.05) is 19.3 Å². The van der Waals surface area contributed by atoms with Crippen molar-refractivity contribution >= 4 is 11.9 Å². The zero-order valence-corrected chi connectivity index (χ0v) is 16.1. The minimum Gasteiger partial charge on any atom is -0.475 e. The third-order valence-corrected chi connectivity index (χ3v) is 4.52. The van der Waals surface area contributed by atoms with Crippen LogP contribution in [0.3, 0.4) is 0 Å². The average Bonchev–Trinajstić information content (AvgIpc) is 3.10. The van der Waals surface area contributed by atoms with E-state index in [4.69, 9.17) is 24.1 Å². The van der Waals surface area contributed by atoms with Crippen molar-refractivity contribution in [1.29, 1.82) is 0 Å².